The highest BCUT2D eigenvalue weighted by molar-refractivity contribution is 9.10. The molecule has 0 spiro atoms. The van der Waals surface area contributed by atoms with Crippen molar-refractivity contribution >= 4 is 21.7 Å². The van der Waals surface area contributed by atoms with Crippen molar-refractivity contribution in [1.29, 1.82) is 0 Å². The van der Waals surface area contributed by atoms with Gasteiger partial charge in [0.15, 0.2) is 0 Å². The van der Waals surface area contributed by atoms with Gasteiger partial charge in [-0.1, -0.05) is 20.3 Å². The number of aromatic nitrogens is 2. The summed E-state index contributed by atoms with van der Waals surface area (Å²) in [5, 5.41) is 3.49. The minimum absolute atomic E-state index is 0.453. The molecule has 18 heavy (non-hydrogen) atoms. The van der Waals surface area contributed by atoms with E-state index >= 15 is 0 Å². The summed E-state index contributed by atoms with van der Waals surface area (Å²) in [4.78, 5) is 9.06. The molecule has 1 fully saturated rings. The summed E-state index contributed by atoms with van der Waals surface area (Å²) in [6.45, 7) is 6.76. The van der Waals surface area contributed by atoms with Gasteiger partial charge in [-0.3, -0.25) is 0 Å². The van der Waals surface area contributed by atoms with Gasteiger partial charge in [-0.05, 0) is 48.0 Å². The summed E-state index contributed by atoms with van der Waals surface area (Å²) >= 11 is 3.47. The molecule has 2 rings (SSSR count). The van der Waals surface area contributed by atoms with E-state index in [1.165, 1.54) is 25.7 Å². The van der Waals surface area contributed by atoms with E-state index in [9.17, 15) is 0 Å². The summed E-state index contributed by atoms with van der Waals surface area (Å²) in [5.74, 6) is 3.28. The number of anilines is 1. The first kappa shape index (κ1) is 13.8. The molecule has 0 amide bonds. The van der Waals surface area contributed by atoms with Crippen LogP contribution >= 0.6 is 15.9 Å². The molecule has 1 aromatic heterocycles. The first-order valence-electron chi connectivity index (χ1n) is 6.89. The lowest BCUT2D eigenvalue weighted by molar-refractivity contribution is 0.483. The molecule has 4 heteroatoms. The van der Waals surface area contributed by atoms with Crippen molar-refractivity contribution in [2.45, 2.75) is 58.4 Å². The summed E-state index contributed by atoms with van der Waals surface area (Å²) in [5.41, 5.74) is 0. The van der Waals surface area contributed by atoms with E-state index in [1.54, 1.807) is 0 Å². The molecule has 3 nitrogen and oxygen atoms in total. The summed E-state index contributed by atoms with van der Waals surface area (Å²) in [7, 11) is 0. The second-order valence-corrected chi connectivity index (χ2v) is 6.32. The van der Waals surface area contributed by atoms with Crippen molar-refractivity contribution < 1.29 is 0 Å². The van der Waals surface area contributed by atoms with E-state index in [4.69, 9.17) is 0 Å². The van der Waals surface area contributed by atoms with Gasteiger partial charge in [0.05, 0.1) is 0 Å². The van der Waals surface area contributed by atoms with Crippen molar-refractivity contribution in [3.63, 3.8) is 0 Å². The van der Waals surface area contributed by atoms with Gasteiger partial charge in [-0.2, -0.15) is 0 Å². The van der Waals surface area contributed by atoms with Crippen molar-refractivity contribution in [3.8, 4) is 0 Å². The highest BCUT2D eigenvalue weighted by Gasteiger charge is 2.27. The molecule has 0 saturated heterocycles. The Hall–Kier alpha value is -0.640. The zero-order valence-corrected chi connectivity index (χ0v) is 13.0. The largest absolute Gasteiger partial charge is 0.367 e. The Labute approximate surface area is 118 Å². The Bertz CT molecular complexity index is 404. The van der Waals surface area contributed by atoms with Crippen LogP contribution in [0, 0.1) is 5.92 Å². The minimum Gasteiger partial charge on any atom is -0.367 e. The van der Waals surface area contributed by atoms with E-state index in [0.29, 0.717) is 12.0 Å². The van der Waals surface area contributed by atoms with Crippen molar-refractivity contribution in [1.82, 2.24) is 9.97 Å². The molecule has 0 radical (unpaired) electrons. The smallest absolute Gasteiger partial charge is 0.135 e. The lowest BCUT2D eigenvalue weighted by atomic mass is 10.0. The molecule has 1 N–H and O–H groups in total. The zero-order chi connectivity index (χ0) is 13.1. The van der Waals surface area contributed by atoms with Crippen LogP contribution in [0.1, 0.15) is 58.2 Å². The first-order valence-corrected chi connectivity index (χ1v) is 7.68. The maximum Gasteiger partial charge on any atom is 0.135 e. The average Bonchev–Trinajstić information content (AvgIpc) is 3.11. The summed E-state index contributed by atoms with van der Waals surface area (Å²) in [6, 6.07) is 2.42. The molecule has 0 aliphatic heterocycles. The van der Waals surface area contributed by atoms with Crippen LogP contribution in [0.25, 0.3) is 0 Å². The Kier molecular flexibility index (Phi) is 4.60. The van der Waals surface area contributed by atoms with Crippen LogP contribution in [0.15, 0.2) is 10.7 Å². The Morgan fingerprint density at radius 2 is 2.11 bits per heavy atom. The molecule has 2 atom stereocenters. The first-order chi connectivity index (χ1) is 8.58. The van der Waals surface area contributed by atoms with Crippen LogP contribution < -0.4 is 5.32 Å². The summed E-state index contributed by atoms with van der Waals surface area (Å²) in [6.07, 6.45) is 4.88. The highest BCUT2D eigenvalue weighted by Crippen LogP contribution is 2.38. The monoisotopic (exact) mass is 311 g/mol. The molecule has 1 heterocycles. The van der Waals surface area contributed by atoms with Gasteiger partial charge in [0.25, 0.3) is 0 Å². The van der Waals surface area contributed by atoms with Crippen LogP contribution in [-0.2, 0) is 0 Å². The zero-order valence-electron chi connectivity index (χ0n) is 11.4. The van der Waals surface area contributed by atoms with Gasteiger partial charge in [0, 0.05) is 18.0 Å². The second-order valence-electron chi connectivity index (χ2n) is 5.50. The molecule has 2 unspecified atom stereocenters. The number of nitrogens with one attached hydrogen (secondary N) is 1. The standard InChI is InChI=1S/C14H22BrN3/c1-4-9(2)7-10(3)16-13-8-12(15)17-14(18-13)11-5-6-11/h8-11H,4-7H2,1-3H3,(H,16,17,18). The van der Waals surface area contributed by atoms with E-state index < -0.39 is 0 Å². The number of halogens is 1. The number of nitrogens with zero attached hydrogens (tertiary/aromatic N) is 2. The maximum atomic E-state index is 4.62. The van der Waals surface area contributed by atoms with Gasteiger partial charge in [-0.25, -0.2) is 9.97 Å². The molecule has 1 aliphatic rings. The normalized spacial score (nSPS) is 18.4. The van der Waals surface area contributed by atoms with Crippen molar-refractivity contribution in [2.75, 3.05) is 5.32 Å². The summed E-state index contributed by atoms with van der Waals surface area (Å²) < 4.78 is 0.887. The fraction of sp³-hybridized carbons (Fsp3) is 0.714. The van der Waals surface area contributed by atoms with Crippen LogP contribution in [0.3, 0.4) is 0 Å². The third kappa shape index (κ3) is 3.94. The topological polar surface area (TPSA) is 37.8 Å². The van der Waals surface area contributed by atoms with Gasteiger partial charge < -0.3 is 5.32 Å². The quantitative estimate of drug-likeness (QED) is 0.793. The lowest BCUT2D eigenvalue weighted by Crippen LogP contribution is -2.19. The number of hydrogen-bond donors (Lipinski definition) is 1. The van der Waals surface area contributed by atoms with Gasteiger partial charge in [0.1, 0.15) is 16.2 Å². The van der Waals surface area contributed by atoms with Gasteiger partial charge in [-0.15, -0.1) is 0 Å². The van der Waals surface area contributed by atoms with Gasteiger partial charge >= 0.3 is 0 Å². The third-order valence-corrected chi connectivity index (χ3v) is 3.91. The third-order valence-electron chi connectivity index (χ3n) is 3.50. The predicted molar refractivity (Wildman–Crippen MR) is 78.9 cm³/mol. The predicted octanol–water partition coefficient (Wildman–Crippen LogP) is 4.35. The molecule has 1 saturated carbocycles. The molecule has 0 aromatic carbocycles. The average molecular weight is 312 g/mol. The van der Waals surface area contributed by atoms with Crippen molar-refractivity contribution in [3.05, 3.63) is 16.5 Å². The Balaban J connectivity index is 1.99. The van der Waals surface area contributed by atoms with E-state index in [1.807, 2.05) is 6.07 Å². The Morgan fingerprint density at radius 1 is 1.39 bits per heavy atom. The second kappa shape index (κ2) is 6.00. The van der Waals surface area contributed by atoms with Crippen LogP contribution in [0.4, 0.5) is 5.82 Å². The number of hydrogen-bond acceptors (Lipinski definition) is 3. The fourth-order valence-corrected chi connectivity index (χ4v) is 2.51. The lowest BCUT2D eigenvalue weighted by Gasteiger charge is -2.18. The molecule has 1 aromatic rings. The minimum atomic E-state index is 0.453. The SMILES string of the molecule is CCC(C)CC(C)Nc1cc(Br)nc(C2CC2)n1. The van der Waals surface area contributed by atoms with E-state index in [2.05, 4.69) is 52.0 Å². The molecule has 100 valence electrons. The van der Waals surface area contributed by atoms with Crippen LogP contribution in [-0.4, -0.2) is 16.0 Å². The molecule has 1 aliphatic carbocycles. The van der Waals surface area contributed by atoms with Gasteiger partial charge in [0.2, 0.25) is 0 Å². The number of rotatable bonds is 6. The van der Waals surface area contributed by atoms with Crippen LogP contribution in [0.5, 0.6) is 0 Å². The van der Waals surface area contributed by atoms with E-state index in [0.717, 1.165) is 22.2 Å². The Morgan fingerprint density at radius 3 is 2.72 bits per heavy atom. The highest BCUT2D eigenvalue weighted by atomic mass is 79.9. The fourth-order valence-electron chi connectivity index (χ4n) is 2.11. The molecule has 0 bridgehead atoms. The van der Waals surface area contributed by atoms with Crippen LogP contribution in [0.2, 0.25) is 0 Å². The van der Waals surface area contributed by atoms with E-state index in [-0.39, 0.29) is 0 Å². The maximum absolute atomic E-state index is 4.62. The molecular formula is C14H22BrN3. The molecular weight excluding hydrogens is 290 g/mol. The van der Waals surface area contributed by atoms with Crippen molar-refractivity contribution in [2.24, 2.45) is 5.92 Å².